The molecule has 2 aromatic carbocycles. The van der Waals surface area contributed by atoms with Gasteiger partial charge >= 0.3 is 5.97 Å². The first-order valence-corrected chi connectivity index (χ1v) is 7.50. The second-order valence-electron chi connectivity index (χ2n) is 4.24. The first-order valence-electron chi connectivity index (χ1n) is 5.92. The highest BCUT2D eigenvalue weighted by Crippen LogP contribution is 2.23. The molecule has 1 N–H and O–H groups in total. The van der Waals surface area contributed by atoms with Crippen LogP contribution in [0.1, 0.15) is 11.1 Å². The number of hydrogen-bond acceptors (Lipinski definition) is 2. The Balaban J connectivity index is 2.12. The largest absolute Gasteiger partial charge is 0.489 e. The predicted octanol–water partition coefficient (Wildman–Crippen LogP) is 4.42. The minimum Gasteiger partial charge on any atom is -0.489 e. The first-order chi connectivity index (χ1) is 9.54. The van der Waals surface area contributed by atoms with Gasteiger partial charge in [0.1, 0.15) is 12.4 Å². The molecule has 5 heteroatoms. The van der Waals surface area contributed by atoms with Gasteiger partial charge in [-0.1, -0.05) is 50.1 Å². The van der Waals surface area contributed by atoms with Crippen LogP contribution >= 0.6 is 31.9 Å². The number of carbonyl (C=O) groups is 1. The van der Waals surface area contributed by atoms with E-state index in [1.165, 1.54) is 0 Å². The molecular formula is C15H12Br2O3. The SMILES string of the molecule is O=C(O)Cc1ccccc1OCc1cc(Br)cc(Br)c1. The number of para-hydroxylation sites is 1. The van der Waals surface area contributed by atoms with Gasteiger partial charge in [-0.15, -0.1) is 0 Å². The van der Waals surface area contributed by atoms with Crippen molar-refractivity contribution in [2.45, 2.75) is 13.0 Å². The van der Waals surface area contributed by atoms with Crippen LogP contribution in [0.2, 0.25) is 0 Å². The number of ether oxygens (including phenoxy) is 1. The van der Waals surface area contributed by atoms with Gasteiger partial charge in [0.05, 0.1) is 6.42 Å². The topological polar surface area (TPSA) is 46.5 Å². The number of benzene rings is 2. The highest BCUT2D eigenvalue weighted by atomic mass is 79.9. The van der Waals surface area contributed by atoms with Gasteiger partial charge < -0.3 is 9.84 Å². The van der Waals surface area contributed by atoms with E-state index >= 15 is 0 Å². The van der Waals surface area contributed by atoms with E-state index in [4.69, 9.17) is 9.84 Å². The van der Waals surface area contributed by atoms with E-state index in [0.717, 1.165) is 14.5 Å². The van der Waals surface area contributed by atoms with Crippen LogP contribution in [-0.4, -0.2) is 11.1 Å². The summed E-state index contributed by atoms with van der Waals surface area (Å²) in [5.41, 5.74) is 1.67. The normalized spacial score (nSPS) is 10.3. The van der Waals surface area contributed by atoms with E-state index in [2.05, 4.69) is 31.9 Å². The minimum atomic E-state index is -0.869. The van der Waals surface area contributed by atoms with Crippen LogP contribution < -0.4 is 4.74 Å². The fraction of sp³-hybridized carbons (Fsp3) is 0.133. The summed E-state index contributed by atoms with van der Waals surface area (Å²) in [6.07, 6.45) is -0.0433. The molecule has 0 spiro atoms. The molecule has 0 radical (unpaired) electrons. The zero-order chi connectivity index (χ0) is 14.5. The number of hydrogen-bond donors (Lipinski definition) is 1. The van der Waals surface area contributed by atoms with E-state index in [1.54, 1.807) is 18.2 Å². The summed E-state index contributed by atoms with van der Waals surface area (Å²) in [6, 6.07) is 13.1. The van der Waals surface area contributed by atoms with Gasteiger partial charge in [0.25, 0.3) is 0 Å². The fourth-order valence-corrected chi connectivity index (χ4v) is 3.20. The van der Waals surface area contributed by atoms with Gasteiger partial charge in [-0.2, -0.15) is 0 Å². The maximum absolute atomic E-state index is 10.8. The predicted molar refractivity (Wildman–Crippen MR) is 84.0 cm³/mol. The van der Waals surface area contributed by atoms with Crippen molar-refractivity contribution in [3.05, 3.63) is 62.5 Å². The van der Waals surface area contributed by atoms with E-state index in [1.807, 2.05) is 24.3 Å². The van der Waals surface area contributed by atoms with Crippen molar-refractivity contribution in [1.29, 1.82) is 0 Å². The molecular weight excluding hydrogens is 388 g/mol. The Hall–Kier alpha value is -1.33. The molecule has 0 aliphatic heterocycles. The van der Waals surface area contributed by atoms with Crippen LogP contribution in [0.3, 0.4) is 0 Å². The number of aliphatic carboxylic acids is 1. The molecule has 0 saturated carbocycles. The lowest BCUT2D eigenvalue weighted by Crippen LogP contribution is -2.04. The van der Waals surface area contributed by atoms with Gasteiger partial charge in [-0.05, 0) is 29.8 Å². The zero-order valence-electron chi connectivity index (χ0n) is 10.5. The van der Waals surface area contributed by atoms with Crippen molar-refractivity contribution >= 4 is 37.8 Å². The van der Waals surface area contributed by atoms with E-state index in [0.29, 0.717) is 17.9 Å². The third-order valence-electron chi connectivity index (χ3n) is 2.63. The Morgan fingerprint density at radius 2 is 1.75 bits per heavy atom. The molecule has 0 aliphatic carbocycles. The van der Waals surface area contributed by atoms with Crippen molar-refractivity contribution in [2.24, 2.45) is 0 Å². The van der Waals surface area contributed by atoms with E-state index in [-0.39, 0.29) is 6.42 Å². The van der Waals surface area contributed by atoms with Gasteiger partial charge in [0.2, 0.25) is 0 Å². The summed E-state index contributed by atoms with van der Waals surface area (Å²) in [6.45, 7) is 0.384. The summed E-state index contributed by atoms with van der Waals surface area (Å²) in [5.74, 6) is -0.266. The summed E-state index contributed by atoms with van der Waals surface area (Å²) in [4.78, 5) is 10.8. The second kappa shape index (κ2) is 6.90. The van der Waals surface area contributed by atoms with Crippen molar-refractivity contribution < 1.29 is 14.6 Å². The van der Waals surface area contributed by atoms with Crippen LogP contribution in [0, 0.1) is 0 Å². The second-order valence-corrected chi connectivity index (χ2v) is 6.08. The van der Waals surface area contributed by atoms with Gasteiger partial charge in [-0.3, -0.25) is 4.79 Å². The van der Waals surface area contributed by atoms with Crippen molar-refractivity contribution in [3.63, 3.8) is 0 Å². The quantitative estimate of drug-likeness (QED) is 0.809. The lowest BCUT2D eigenvalue weighted by Gasteiger charge is -2.11. The number of carboxylic acids is 1. The molecule has 0 aromatic heterocycles. The Kier molecular flexibility index (Phi) is 5.20. The lowest BCUT2D eigenvalue weighted by atomic mass is 10.1. The molecule has 0 fully saturated rings. The molecule has 3 nitrogen and oxygen atoms in total. The molecule has 0 heterocycles. The summed E-state index contributed by atoms with van der Waals surface area (Å²) >= 11 is 6.85. The Labute approximate surface area is 133 Å². The first kappa shape index (κ1) is 15.1. The van der Waals surface area contributed by atoms with E-state index in [9.17, 15) is 4.79 Å². The fourth-order valence-electron chi connectivity index (χ4n) is 1.81. The third kappa shape index (κ3) is 4.35. The molecule has 0 aliphatic rings. The maximum atomic E-state index is 10.8. The van der Waals surface area contributed by atoms with Gasteiger partial charge in [0.15, 0.2) is 0 Å². The standard InChI is InChI=1S/C15H12Br2O3/c16-12-5-10(6-13(17)8-12)9-20-14-4-2-1-3-11(14)7-15(18)19/h1-6,8H,7,9H2,(H,18,19). The average molecular weight is 400 g/mol. The van der Waals surface area contributed by atoms with Crippen molar-refractivity contribution in [1.82, 2.24) is 0 Å². The van der Waals surface area contributed by atoms with Crippen molar-refractivity contribution in [3.8, 4) is 5.75 Å². The lowest BCUT2D eigenvalue weighted by molar-refractivity contribution is -0.136. The maximum Gasteiger partial charge on any atom is 0.307 e. The van der Waals surface area contributed by atoms with Gasteiger partial charge in [0, 0.05) is 14.5 Å². The molecule has 0 bridgehead atoms. The highest BCUT2D eigenvalue weighted by molar-refractivity contribution is 9.11. The third-order valence-corrected chi connectivity index (χ3v) is 3.55. The summed E-state index contributed by atoms with van der Waals surface area (Å²) in [7, 11) is 0. The van der Waals surface area contributed by atoms with Crippen LogP contribution in [0.25, 0.3) is 0 Å². The van der Waals surface area contributed by atoms with Crippen LogP contribution in [0.15, 0.2) is 51.4 Å². The molecule has 104 valence electrons. The molecule has 0 amide bonds. The van der Waals surface area contributed by atoms with E-state index < -0.39 is 5.97 Å². The molecule has 0 atom stereocenters. The Morgan fingerprint density at radius 3 is 2.40 bits per heavy atom. The smallest absolute Gasteiger partial charge is 0.307 e. The van der Waals surface area contributed by atoms with Gasteiger partial charge in [-0.25, -0.2) is 0 Å². The van der Waals surface area contributed by atoms with Crippen LogP contribution in [0.4, 0.5) is 0 Å². The molecule has 2 aromatic rings. The number of halogens is 2. The Bertz CT molecular complexity index is 606. The molecule has 2 rings (SSSR count). The molecule has 20 heavy (non-hydrogen) atoms. The average Bonchev–Trinajstić information content (AvgIpc) is 2.36. The highest BCUT2D eigenvalue weighted by Gasteiger charge is 2.07. The number of rotatable bonds is 5. The monoisotopic (exact) mass is 398 g/mol. The minimum absolute atomic E-state index is 0.0433. The molecule has 0 saturated heterocycles. The van der Waals surface area contributed by atoms with Crippen LogP contribution in [-0.2, 0) is 17.8 Å². The molecule has 0 unspecified atom stereocenters. The van der Waals surface area contributed by atoms with Crippen molar-refractivity contribution in [2.75, 3.05) is 0 Å². The summed E-state index contributed by atoms with van der Waals surface area (Å²) in [5, 5.41) is 8.88. The Morgan fingerprint density at radius 1 is 1.10 bits per heavy atom. The zero-order valence-corrected chi connectivity index (χ0v) is 13.6. The number of carboxylic acid groups (broad SMARTS) is 1. The summed E-state index contributed by atoms with van der Waals surface area (Å²) < 4.78 is 7.65. The van der Waals surface area contributed by atoms with Crippen LogP contribution in [0.5, 0.6) is 5.75 Å².